The van der Waals surface area contributed by atoms with Gasteiger partial charge in [0.25, 0.3) is 5.56 Å². The van der Waals surface area contributed by atoms with Crippen molar-refractivity contribution in [3.63, 3.8) is 0 Å². The maximum atomic E-state index is 12.1. The molecule has 0 radical (unpaired) electrons. The molecule has 106 valence electrons. The minimum Gasteiger partial charge on any atom is -0.309 e. The number of benzene rings is 1. The molecule has 2 aromatic rings. The molecule has 0 aliphatic carbocycles. The summed E-state index contributed by atoms with van der Waals surface area (Å²) in [5, 5.41) is 0.664. The van der Waals surface area contributed by atoms with Crippen molar-refractivity contribution in [3.8, 4) is 0 Å². The highest BCUT2D eigenvalue weighted by atomic mass is 16.1. The highest BCUT2D eigenvalue weighted by Gasteiger charge is 2.22. The SMILES string of the molecule is C[C@@H]1C[C@@H](C)CN(Cc2nc3ccccc3c(=O)[nH]2)C1. The number of nitrogens with zero attached hydrogens (tertiary/aromatic N) is 2. The number of rotatable bonds is 2. The second kappa shape index (κ2) is 5.37. The number of hydrogen-bond donors (Lipinski definition) is 1. The van der Waals surface area contributed by atoms with Gasteiger partial charge in [0.2, 0.25) is 0 Å². The van der Waals surface area contributed by atoms with E-state index in [1.165, 1.54) is 6.42 Å². The zero-order valence-corrected chi connectivity index (χ0v) is 12.1. The molecule has 0 unspecified atom stereocenters. The van der Waals surface area contributed by atoms with E-state index in [0.717, 1.165) is 31.0 Å². The van der Waals surface area contributed by atoms with Crippen molar-refractivity contribution in [2.24, 2.45) is 11.8 Å². The molecule has 0 bridgehead atoms. The smallest absolute Gasteiger partial charge is 0.258 e. The third kappa shape index (κ3) is 2.75. The van der Waals surface area contributed by atoms with Crippen molar-refractivity contribution < 1.29 is 0 Å². The lowest BCUT2D eigenvalue weighted by Gasteiger charge is -2.34. The first-order chi connectivity index (χ1) is 9.61. The Bertz CT molecular complexity index is 654. The molecule has 1 N–H and O–H groups in total. The Hall–Kier alpha value is -1.68. The van der Waals surface area contributed by atoms with E-state index in [4.69, 9.17) is 0 Å². The van der Waals surface area contributed by atoms with Crippen molar-refractivity contribution in [1.29, 1.82) is 0 Å². The molecule has 2 heterocycles. The number of aromatic nitrogens is 2. The van der Waals surface area contributed by atoms with Crippen LogP contribution in [0.1, 0.15) is 26.1 Å². The summed E-state index contributed by atoms with van der Waals surface area (Å²) in [4.78, 5) is 22.0. The molecule has 1 aromatic heterocycles. The molecular weight excluding hydrogens is 250 g/mol. The highest BCUT2D eigenvalue weighted by Crippen LogP contribution is 2.21. The minimum atomic E-state index is -0.0382. The van der Waals surface area contributed by atoms with Crippen LogP contribution in [0.5, 0.6) is 0 Å². The fourth-order valence-corrected chi connectivity index (χ4v) is 3.34. The van der Waals surface area contributed by atoms with Crippen molar-refractivity contribution in [1.82, 2.24) is 14.9 Å². The Morgan fingerprint density at radius 3 is 2.70 bits per heavy atom. The van der Waals surface area contributed by atoms with Gasteiger partial charge in [-0.15, -0.1) is 0 Å². The second-order valence-corrected chi connectivity index (χ2v) is 6.17. The summed E-state index contributed by atoms with van der Waals surface area (Å²) in [5.41, 5.74) is 0.744. The Balaban J connectivity index is 1.86. The normalized spacial score (nSPS) is 24.1. The molecule has 4 nitrogen and oxygen atoms in total. The molecule has 2 atom stereocenters. The lowest BCUT2D eigenvalue weighted by molar-refractivity contribution is 0.131. The Morgan fingerprint density at radius 1 is 1.25 bits per heavy atom. The summed E-state index contributed by atoms with van der Waals surface area (Å²) >= 11 is 0. The van der Waals surface area contributed by atoms with E-state index in [1.54, 1.807) is 0 Å². The maximum Gasteiger partial charge on any atom is 0.258 e. The lowest BCUT2D eigenvalue weighted by atomic mass is 9.92. The van der Waals surface area contributed by atoms with Gasteiger partial charge in [0.05, 0.1) is 17.4 Å². The van der Waals surface area contributed by atoms with E-state index in [9.17, 15) is 4.79 Å². The summed E-state index contributed by atoms with van der Waals surface area (Å²) in [6.45, 7) is 7.48. The largest absolute Gasteiger partial charge is 0.309 e. The Kier molecular flexibility index (Phi) is 3.57. The predicted molar refractivity (Wildman–Crippen MR) is 80.6 cm³/mol. The molecule has 0 spiro atoms. The number of piperidine rings is 1. The predicted octanol–water partition coefficient (Wildman–Crippen LogP) is 2.40. The fraction of sp³-hybridized carbons (Fsp3) is 0.500. The molecule has 0 amide bonds. The Morgan fingerprint density at radius 2 is 1.95 bits per heavy atom. The molecule has 3 rings (SSSR count). The van der Waals surface area contributed by atoms with Gasteiger partial charge in [-0.25, -0.2) is 4.98 Å². The average Bonchev–Trinajstić information content (AvgIpc) is 2.37. The van der Waals surface area contributed by atoms with Crippen molar-refractivity contribution in [3.05, 3.63) is 40.4 Å². The van der Waals surface area contributed by atoms with Crippen LogP contribution < -0.4 is 5.56 Å². The van der Waals surface area contributed by atoms with Crippen LogP contribution in [0.2, 0.25) is 0 Å². The fourth-order valence-electron chi connectivity index (χ4n) is 3.34. The minimum absolute atomic E-state index is 0.0382. The number of likely N-dealkylation sites (tertiary alicyclic amines) is 1. The van der Waals surface area contributed by atoms with Crippen LogP contribution in [0.25, 0.3) is 10.9 Å². The quantitative estimate of drug-likeness (QED) is 0.912. The third-order valence-corrected chi connectivity index (χ3v) is 3.98. The molecule has 4 heteroatoms. The molecule has 20 heavy (non-hydrogen) atoms. The van der Waals surface area contributed by atoms with E-state index in [1.807, 2.05) is 24.3 Å². The summed E-state index contributed by atoms with van der Waals surface area (Å²) < 4.78 is 0. The molecule has 1 aromatic carbocycles. The van der Waals surface area contributed by atoms with Gasteiger partial charge in [0, 0.05) is 13.1 Å². The zero-order valence-electron chi connectivity index (χ0n) is 12.1. The molecule has 1 fully saturated rings. The van der Waals surface area contributed by atoms with Crippen LogP contribution in [0, 0.1) is 11.8 Å². The van der Waals surface area contributed by atoms with Gasteiger partial charge >= 0.3 is 0 Å². The molecule has 0 saturated carbocycles. The first-order valence-corrected chi connectivity index (χ1v) is 7.32. The van der Waals surface area contributed by atoms with Gasteiger partial charge in [-0.1, -0.05) is 26.0 Å². The lowest BCUT2D eigenvalue weighted by Crippen LogP contribution is -2.38. The van der Waals surface area contributed by atoms with Gasteiger partial charge in [0.15, 0.2) is 0 Å². The maximum absolute atomic E-state index is 12.1. The third-order valence-electron chi connectivity index (χ3n) is 3.98. The molecular formula is C16H21N3O. The van der Waals surface area contributed by atoms with Gasteiger partial charge in [-0.2, -0.15) is 0 Å². The number of hydrogen-bond acceptors (Lipinski definition) is 3. The summed E-state index contributed by atoms with van der Waals surface area (Å²) in [6.07, 6.45) is 1.29. The van der Waals surface area contributed by atoms with Crippen LogP contribution in [0.3, 0.4) is 0 Å². The standard InChI is InChI=1S/C16H21N3O/c1-11-7-12(2)9-19(8-11)10-15-17-14-6-4-3-5-13(14)16(20)18-15/h3-6,11-12H,7-10H2,1-2H3,(H,17,18,20)/t11-,12-/m1/s1. The van der Waals surface area contributed by atoms with Gasteiger partial charge in [0.1, 0.15) is 5.82 Å². The van der Waals surface area contributed by atoms with Crippen LogP contribution >= 0.6 is 0 Å². The first-order valence-electron chi connectivity index (χ1n) is 7.32. The number of aromatic amines is 1. The molecule has 1 aliphatic heterocycles. The number of para-hydroxylation sites is 1. The summed E-state index contributed by atoms with van der Waals surface area (Å²) in [7, 11) is 0. The van der Waals surface area contributed by atoms with Crippen molar-refractivity contribution >= 4 is 10.9 Å². The van der Waals surface area contributed by atoms with E-state index < -0.39 is 0 Å². The van der Waals surface area contributed by atoms with Crippen molar-refractivity contribution in [2.45, 2.75) is 26.8 Å². The summed E-state index contributed by atoms with van der Waals surface area (Å²) in [6, 6.07) is 7.50. The van der Waals surface area contributed by atoms with E-state index in [2.05, 4.69) is 28.7 Å². The number of H-pyrrole nitrogens is 1. The van der Waals surface area contributed by atoms with E-state index >= 15 is 0 Å². The van der Waals surface area contributed by atoms with Gasteiger partial charge < -0.3 is 4.98 Å². The number of nitrogens with one attached hydrogen (secondary N) is 1. The molecule has 1 saturated heterocycles. The van der Waals surface area contributed by atoms with Crippen molar-refractivity contribution in [2.75, 3.05) is 13.1 Å². The number of fused-ring (bicyclic) bond motifs is 1. The second-order valence-electron chi connectivity index (χ2n) is 6.17. The monoisotopic (exact) mass is 271 g/mol. The van der Waals surface area contributed by atoms with Crippen LogP contribution in [0.4, 0.5) is 0 Å². The highest BCUT2D eigenvalue weighted by molar-refractivity contribution is 5.77. The first kappa shape index (κ1) is 13.3. The van der Waals surface area contributed by atoms with Gasteiger partial charge in [-0.3, -0.25) is 9.69 Å². The van der Waals surface area contributed by atoms with Crippen LogP contribution in [-0.4, -0.2) is 28.0 Å². The molecule has 1 aliphatic rings. The van der Waals surface area contributed by atoms with Gasteiger partial charge in [-0.05, 0) is 30.4 Å². The van der Waals surface area contributed by atoms with Crippen LogP contribution in [-0.2, 0) is 6.54 Å². The summed E-state index contributed by atoms with van der Waals surface area (Å²) in [5.74, 6) is 2.20. The average molecular weight is 271 g/mol. The Labute approximate surface area is 118 Å². The van der Waals surface area contributed by atoms with E-state index in [-0.39, 0.29) is 5.56 Å². The van der Waals surface area contributed by atoms with E-state index in [0.29, 0.717) is 17.2 Å². The zero-order chi connectivity index (χ0) is 14.1. The topological polar surface area (TPSA) is 49.0 Å². The van der Waals surface area contributed by atoms with Crippen LogP contribution in [0.15, 0.2) is 29.1 Å².